The second-order valence-electron chi connectivity index (χ2n) is 8.75. The second kappa shape index (κ2) is 9.52. The number of aliphatic hydroxyl groups excluding tert-OH is 1. The van der Waals surface area contributed by atoms with Gasteiger partial charge in [0.2, 0.25) is 0 Å². The Hall–Kier alpha value is -1.64. The van der Waals surface area contributed by atoms with Crippen molar-refractivity contribution in [3.8, 4) is 0 Å². The van der Waals surface area contributed by atoms with Gasteiger partial charge in [0.05, 0.1) is 25.7 Å². The van der Waals surface area contributed by atoms with Crippen LogP contribution in [0, 0.1) is 5.92 Å². The van der Waals surface area contributed by atoms with Crippen molar-refractivity contribution in [2.75, 3.05) is 19.6 Å². The van der Waals surface area contributed by atoms with E-state index in [0.717, 1.165) is 24.0 Å². The predicted octanol–water partition coefficient (Wildman–Crippen LogP) is 5.38. The molecule has 3 rings (SSSR count). The van der Waals surface area contributed by atoms with Crippen molar-refractivity contribution in [2.45, 2.75) is 58.1 Å². The van der Waals surface area contributed by atoms with Crippen molar-refractivity contribution in [2.24, 2.45) is 5.92 Å². The average molecular weight is 367 g/mol. The molecular weight excluding hydrogens is 330 g/mol. The van der Waals surface area contributed by atoms with E-state index in [0.29, 0.717) is 5.92 Å². The molecule has 0 aliphatic carbocycles. The topological polar surface area (TPSA) is 20.2 Å². The van der Waals surface area contributed by atoms with Gasteiger partial charge in [-0.3, -0.25) is 0 Å². The Balaban J connectivity index is 1.70. The maximum Gasteiger partial charge on any atom is 0.104 e. The molecule has 1 heterocycles. The van der Waals surface area contributed by atoms with Gasteiger partial charge in [-0.15, -0.1) is 0 Å². The zero-order valence-electron chi connectivity index (χ0n) is 17.1. The van der Waals surface area contributed by atoms with Crippen molar-refractivity contribution >= 4 is 0 Å². The lowest BCUT2D eigenvalue weighted by Crippen LogP contribution is -2.52. The minimum Gasteiger partial charge on any atom is -0.392 e. The summed E-state index contributed by atoms with van der Waals surface area (Å²) in [5.74, 6) is 0.652. The zero-order valence-corrected chi connectivity index (χ0v) is 17.1. The number of rotatable bonds is 8. The Morgan fingerprint density at radius 2 is 1.44 bits per heavy atom. The lowest BCUT2D eigenvalue weighted by molar-refractivity contribution is -0.945. The fourth-order valence-electron chi connectivity index (χ4n) is 4.93. The molecule has 146 valence electrons. The first kappa shape index (κ1) is 20.1. The molecule has 0 aromatic heterocycles. The molecule has 2 heteroatoms. The molecule has 1 fully saturated rings. The first-order valence-corrected chi connectivity index (χ1v) is 10.7. The third kappa shape index (κ3) is 5.43. The minimum absolute atomic E-state index is 0.216. The first-order valence-electron chi connectivity index (χ1n) is 10.7. The first-order chi connectivity index (χ1) is 13.1. The van der Waals surface area contributed by atoms with Crippen LogP contribution in [0.15, 0.2) is 60.7 Å². The van der Waals surface area contributed by atoms with E-state index in [1.165, 1.54) is 43.5 Å². The van der Waals surface area contributed by atoms with Crippen LogP contribution in [0.5, 0.6) is 0 Å². The number of aliphatic hydroxyl groups is 1. The van der Waals surface area contributed by atoms with E-state index in [1.54, 1.807) is 0 Å². The van der Waals surface area contributed by atoms with Gasteiger partial charge in [0, 0.05) is 17.9 Å². The number of quaternary nitrogens is 1. The van der Waals surface area contributed by atoms with Gasteiger partial charge in [-0.2, -0.15) is 0 Å². The molecule has 2 unspecified atom stereocenters. The minimum atomic E-state index is -0.278. The van der Waals surface area contributed by atoms with E-state index < -0.39 is 0 Å². The second-order valence-corrected chi connectivity index (χ2v) is 8.75. The molecule has 0 bridgehead atoms. The number of piperidine rings is 1. The number of likely N-dealkylation sites (tertiary alicyclic amines) is 1. The van der Waals surface area contributed by atoms with Gasteiger partial charge in [-0.05, 0) is 30.7 Å². The van der Waals surface area contributed by atoms with Crippen LogP contribution in [-0.4, -0.2) is 35.3 Å². The predicted molar refractivity (Wildman–Crippen MR) is 114 cm³/mol. The van der Waals surface area contributed by atoms with E-state index >= 15 is 0 Å². The summed E-state index contributed by atoms with van der Waals surface area (Å²) < 4.78 is 1.14. The van der Waals surface area contributed by atoms with Crippen LogP contribution in [0.2, 0.25) is 0 Å². The van der Waals surface area contributed by atoms with E-state index in [2.05, 4.69) is 74.5 Å². The van der Waals surface area contributed by atoms with Crippen molar-refractivity contribution in [3.63, 3.8) is 0 Å². The van der Waals surface area contributed by atoms with Crippen LogP contribution in [-0.2, 0) is 6.54 Å². The summed E-state index contributed by atoms with van der Waals surface area (Å²) in [7, 11) is 0. The fourth-order valence-corrected chi connectivity index (χ4v) is 4.93. The van der Waals surface area contributed by atoms with Gasteiger partial charge in [0.1, 0.15) is 6.54 Å². The van der Waals surface area contributed by atoms with Gasteiger partial charge >= 0.3 is 0 Å². The van der Waals surface area contributed by atoms with E-state index in [9.17, 15) is 5.11 Å². The zero-order chi connectivity index (χ0) is 19.1. The van der Waals surface area contributed by atoms with Crippen molar-refractivity contribution in [1.29, 1.82) is 0 Å². The Morgan fingerprint density at radius 1 is 0.852 bits per heavy atom. The fraction of sp³-hybridized carbons (Fsp3) is 0.520. The molecule has 0 spiro atoms. The lowest BCUT2D eigenvalue weighted by atomic mass is 9.82. The number of hydrogen-bond acceptors (Lipinski definition) is 1. The molecule has 1 aliphatic heterocycles. The summed E-state index contributed by atoms with van der Waals surface area (Å²) in [4.78, 5) is 0. The third-order valence-electron chi connectivity index (χ3n) is 6.34. The van der Waals surface area contributed by atoms with Gasteiger partial charge in [0.15, 0.2) is 0 Å². The Morgan fingerprint density at radius 3 is 2.04 bits per heavy atom. The van der Waals surface area contributed by atoms with Gasteiger partial charge in [0.25, 0.3) is 0 Å². The lowest BCUT2D eigenvalue weighted by Gasteiger charge is -2.43. The molecular formula is C25H36NO+. The van der Waals surface area contributed by atoms with Gasteiger partial charge < -0.3 is 9.59 Å². The number of hydrogen-bond donors (Lipinski definition) is 1. The maximum atomic E-state index is 11.1. The normalized spacial score (nSPS) is 19.0. The summed E-state index contributed by atoms with van der Waals surface area (Å²) in [6.07, 6.45) is 4.59. The highest BCUT2D eigenvalue weighted by molar-refractivity contribution is 5.21. The molecule has 2 nitrogen and oxygen atoms in total. The molecule has 1 N–H and O–H groups in total. The van der Waals surface area contributed by atoms with Crippen LogP contribution < -0.4 is 0 Å². The number of benzene rings is 2. The third-order valence-corrected chi connectivity index (χ3v) is 6.34. The molecule has 1 aliphatic rings. The monoisotopic (exact) mass is 366 g/mol. The Bertz CT molecular complexity index is 661. The van der Waals surface area contributed by atoms with Gasteiger partial charge in [-0.25, -0.2) is 0 Å². The molecule has 0 radical (unpaired) electrons. The highest BCUT2D eigenvalue weighted by Gasteiger charge is 2.33. The molecule has 1 saturated heterocycles. The van der Waals surface area contributed by atoms with Crippen LogP contribution in [0.3, 0.4) is 0 Å². The van der Waals surface area contributed by atoms with Crippen LogP contribution in [0.1, 0.15) is 56.6 Å². The van der Waals surface area contributed by atoms with E-state index in [1.807, 2.05) is 0 Å². The van der Waals surface area contributed by atoms with Crippen molar-refractivity contribution < 1.29 is 9.59 Å². The van der Waals surface area contributed by atoms with E-state index in [-0.39, 0.29) is 12.0 Å². The molecule has 2 aromatic carbocycles. The van der Waals surface area contributed by atoms with Gasteiger partial charge in [-0.1, -0.05) is 74.5 Å². The molecule has 2 aromatic rings. The van der Waals surface area contributed by atoms with Crippen LogP contribution in [0.25, 0.3) is 0 Å². The largest absolute Gasteiger partial charge is 0.392 e. The summed E-state index contributed by atoms with van der Waals surface area (Å²) in [6.45, 7) is 9.14. The standard InChI is InChI=1S/C25H36NO/c1-21(2)25(23-14-8-4-9-15-23)24(27)16-19-26(17-10-5-11-18-26)20-22-12-6-3-7-13-22/h3-4,6-9,12-15,21,24-25,27H,5,10-11,16-20H2,1-2H3/q+1. The van der Waals surface area contributed by atoms with Crippen molar-refractivity contribution in [3.05, 3.63) is 71.8 Å². The SMILES string of the molecule is CC(C)C(c1ccccc1)C(O)CC[N+]1(Cc2ccccc2)CCCCC1. The quantitative estimate of drug-likeness (QED) is 0.622. The smallest absolute Gasteiger partial charge is 0.104 e. The summed E-state index contributed by atoms with van der Waals surface area (Å²) in [5, 5.41) is 11.1. The molecule has 2 atom stereocenters. The molecule has 27 heavy (non-hydrogen) atoms. The summed E-state index contributed by atoms with van der Waals surface area (Å²) in [5.41, 5.74) is 2.70. The number of nitrogens with zero attached hydrogens (tertiary/aromatic N) is 1. The van der Waals surface area contributed by atoms with Crippen LogP contribution >= 0.6 is 0 Å². The average Bonchev–Trinajstić information content (AvgIpc) is 2.69. The van der Waals surface area contributed by atoms with Crippen molar-refractivity contribution in [1.82, 2.24) is 0 Å². The summed E-state index contributed by atoms with van der Waals surface area (Å²) >= 11 is 0. The van der Waals surface area contributed by atoms with E-state index in [4.69, 9.17) is 0 Å². The summed E-state index contributed by atoms with van der Waals surface area (Å²) in [6, 6.07) is 21.5. The molecule has 0 saturated carbocycles. The highest BCUT2D eigenvalue weighted by atomic mass is 16.3. The Labute approximate surface area is 165 Å². The molecule has 0 amide bonds. The van der Waals surface area contributed by atoms with Crippen LogP contribution in [0.4, 0.5) is 0 Å². The maximum absolute atomic E-state index is 11.1. The highest BCUT2D eigenvalue weighted by Crippen LogP contribution is 2.31. The Kier molecular flexibility index (Phi) is 7.09.